The molecule has 1 aliphatic heterocycles. The van der Waals surface area contributed by atoms with Gasteiger partial charge in [-0.05, 0) is 55.7 Å². The van der Waals surface area contributed by atoms with E-state index >= 15 is 0 Å². The second-order valence-corrected chi connectivity index (χ2v) is 6.65. The van der Waals surface area contributed by atoms with Crippen molar-refractivity contribution in [1.29, 1.82) is 0 Å². The summed E-state index contributed by atoms with van der Waals surface area (Å²) in [6, 6.07) is 5.98. The molecule has 4 heteroatoms. The van der Waals surface area contributed by atoms with Gasteiger partial charge in [-0.3, -0.25) is 14.9 Å². The van der Waals surface area contributed by atoms with E-state index in [1.165, 1.54) is 38.5 Å². The van der Waals surface area contributed by atoms with Crippen molar-refractivity contribution in [3.05, 3.63) is 29.3 Å². The van der Waals surface area contributed by atoms with E-state index in [1.54, 1.807) is 6.07 Å². The highest BCUT2D eigenvalue weighted by Gasteiger charge is 2.34. The lowest BCUT2D eigenvalue weighted by Gasteiger charge is -2.30. The number of carbonyl (C=O) groups is 2. The zero-order chi connectivity index (χ0) is 14.4. The second-order valence-electron chi connectivity index (χ2n) is 6.65. The number of benzene rings is 1. The summed E-state index contributed by atoms with van der Waals surface area (Å²) in [6.45, 7) is 0. The number of fused-ring (bicyclic) bond motifs is 1. The fourth-order valence-electron chi connectivity index (χ4n) is 3.85. The number of imide groups is 1. The summed E-state index contributed by atoms with van der Waals surface area (Å²) < 4.78 is 0. The van der Waals surface area contributed by atoms with Gasteiger partial charge < -0.3 is 5.32 Å². The summed E-state index contributed by atoms with van der Waals surface area (Å²) in [5, 5.41) is 5.90. The van der Waals surface area contributed by atoms with Crippen LogP contribution in [0.3, 0.4) is 0 Å². The number of carbonyl (C=O) groups excluding carboxylic acids is 2. The van der Waals surface area contributed by atoms with Gasteiger partial charge in [0.05, 0.1) is 11.1 Å². The molecule has 0 aromatic heterocycles. The molecule has 1 aromatic carbocycles. The summed E-state index contributed by atoms with van der Waals surface area (Å²) in [7, 11) is 0. The summed E-state index contributed by atoms with van der Waals surface area (Å²) >= 11 is 0. The van der Waals surface area contributed by atoms with Crippen LogP contribution in [0.5, 0.6) is 0 Å². The van der Waals surface area contributed by atoms with Gasteiger partial charge in [0.15, 0.2) is 0 Å². The van der Waals surface area contributed by atoms with Crippen LogP contribution in [0.25, 0.3) is 0 Å². The average Bonchev–Trinajstić information content (AvgIpc) is 3.28. The van der Waals surface area contributed by atoms with E-state index in [2.05, 4.69) is 10.6 Å². The summed E-state index contributed by atoms with van der Waals surface area (Å²) in [5.41, 5.74) is 1.95. The van der Waals surface area contributed by atoms with Crippen molar-refractivity contribution < 1.29 is 9.59 Å². The lowest BCUT2D eigenvalue weighted by atomic mass is 9.82. The standard InChI is InChI=1S/C17H20N2O2/c20-16-14-7-6-13(9-15(14)17(21)19-16)18-12-3-1-2-11(8-12)10-4-5-10/h6-7,9-12,18H,1-5,8H2,(H,19,20,21). The van der Waals surface area contributed by atoms with Crippen LogP contribution in [0.15, 0.2) is 18.2 Å². The Morgan fingerprint density at radius 3 is 2.57 bits per heavy atom. The Hall–Kier alpha value is -1.84. The third-order valence-corrected chi connectivity index (χ3v) is 5.11. The highest BCUT2D eigenvalue weighted by Crippen LogP contribution is 2.44. The monoisotopic (exact) mass is 284 g/mol. The van der Waals surface area contributed by atoms with Gasteiger partial charge >= 0.3 is 0 Å². The van der Waals surface area contributed by atoms with E-state index in [0.717, 1.165) is 17.5 Å². The topological polar surface area (TPSA) is 58.2 Å². The van der Waals surface area contributed by atoms with E-state index in [4.69, 9.17) is 0 Å². The molecule has 4 nitrogen and oxygen atoms in total. The molecule has 2 aliphatic carbocycles. The number of rotatable bonds is 3. The van der Waals surface area contributed by atoms with Crippen molar-refractivity contribution in [3.63, 3.8) is 0 Å². The fraction of sp³-hybridized carbons (Fsp3) is 0.529. The Labute approximate surface area is 124 Å². The second kappa shape index (κ2) is 4.86. The first-order chi connectivity index (χ1) is 10.2. The first kappa shape index (κ1) is 12.9. The molecule has 0 bridgehead atoms. The molecule has 110 valence electrons. The van der Waals surface area contributed by atoms with Crippen molar-refractivity contribution in [2.45, 2.75) is 44.6 Å². The van der Waals surface area contributed by atoms with Gasteiger partial charge in [-0.25, -0.2) is 0 Å². The quantitative estimate of drug-likeness (QED) is 0.839. The third-order valence-electron chi connectivity index (χ3n) is 5.11. The maximum atomic E-state index is 11.7. The van der Waals surface area contributed by atoms with Crippen LogP contribution in [-0.4, -0.2) is 17.9 Å². The van der Waals surface area contributed by atoms with Crippen molar-refractivity contribution in [2.75, 3.05) is 5.32 Å². The smallest absolute Gasteiger partial charge is 0.259 e. The molecule has 0 spiro atoms. The van der Waals surface area contributed by atoms with Gasteiger partial charge in [0.25, 0.3) is 11.8 Å². The number of hydrogen-bond acceptors (Lipinski definition) is 3. The van der Waals surface area contributed by atoms with E-state index in [-0.39, 0.29) is 11.8 Å². The molecule has 0 saturated heterocycles. The fourth-order valence-corrected chi connectivity index (χ4v) is 3.85. The summed E-state index contributed by atoms with van der Waals surface area (Å²) in [4.78, 5) is 23.3. The zero-order valence-electron chi connectivity index (χ0n) is 12.0. The molecule has 4 rings (SSSR count). The predicted molar refractivity (Wildman–Crippen MR) is 80.3 cm³/mol. The van der Waals surface area contributed by atoms with E-state index < -0.39 is 0 Å². The van der Waals surface area contributed by atoms with Crippen molar-refractivity contribution in [1.82, 2.24) is 5.32 Å². The third kappa shape index (κ3) is 2.43. The highest BCUT2D eigenvalue weighted by atomic mass is 16.2. The Balaban J connectivity index is 1.48. The van der Waals surface area contributed by atoms with Gasteiger partial charge in [-0.1, -0.05) is 12.8 Å². The molecule has 2 N–H and O–H groups in total. The maximum Gasteiger partial charge on any atom is 0.259 e. The SMILES string of the molecule is O=C1NC(=O)c2cc(NC3CCCC(C4CC4)C3)ccc21. The normalized spacial score (nSPS) is 28.2. The van der Waals surface area contributed by atoms with Crippen LogP contribution in [0.4, 0.5) is 5.69 Å². The number of amides is 2. The van der Waals surface area contributed by atoms with Crippen molar-refractivity contribution >= 4 is 17.5 Å². The van der Waals surface area contributed by atoms with Crippen LogP contribution >= 0.6 is 0 Å². The predicted octanol–water partition coefficient (Wildman–Crippen LogP) is 2.95. The van der Waals surface area contributed by atoms with Crippen LogP contribution in [-0.2, 0) is 0 Å². The molecule has 1 heterocycles. The number of hydrogen-bond donors (Lipinski definition) is 2. The first-order valence-electron chi connectivity index (χ1n) is 7.97. The Bertz CT molecular complexity index is 607. The minimum atomic E-state index is -0.284. The van der Waals surface area contributed by atoms with Crippen LogP contribution in [0.1, 0.15) is 59.2 Å². The van der Waals surface area contributed by atoms with Gasteiger partial charge in [0, 0.05) is 11.7 Å². The van der Waals surface area contributed by atoms with E-state index in [9.17, 15) is 9.59 Å². The zero-order valence-corrected chi connectivity index (χ0v) is 12.0. The minimum Gasteiger partial charge on any atom is -0.382 e. The molecular formula is C17H20N2O2. The first-order valence-corrected chi connectivity index (χ1v) is 7.97. The van der Waals surface area contributed by atoms with Gasteiger partial charge in [-0.15, -0.1) is 0 Å². The summed E-state index contributed by atoms with van der Waals surface area (Å²) in [6.07, 6.45) is 7.95. The molecule has 0 radical (unpaired) electrons. The maximum absolute atomic E-state index is 11.7. The van der Waals surface area contributed by atoms with Gasteiger partial charge in [0.1, 0.15) is 0 Å². The molecule has 2 fully saturated rings. The Morgan fingerprint density at radius 2 is 1.76 bits per heavy atom. The van der Waals surface area contributed by atoms with Crippen LogP contribution in [0, 0.1) is 11.8 Å². The molecule has 2 amide bonds. The molecule has 2 saturated carbocycles. The molecule has 21 heavy (non-hydrogen) atoms. The van der Waals surface area contributed by atoms with E-state index in [0.29, 0.717) is 17.2 Å². The lowest BCUT2D eigenvalue weighted by Crippen LogP contribution is -2.28. The molecule has 1 aromatic rings. The van der Waals surface area contributed by atoms with E-state index in [1.807, 2.05) is 12.1 Å². The number of anilines is 1. The molecular weight excluding hydrogens is 264 g/mol. The minimum absolute atomic E-state index is 0.279. The van der Waals surface area contributed by atoms with Gasteiger partial charge in [0.2, 0.25) is 0 Å². The summed E-state index contributed by atoms with van der Waals surface area (Å²) in [5.74, 6) is 1.29. The lowest BCUT2D eigenvalue weighted by molar-refractivity contribution is 0.0879. The Morgan fingerprint density at radius 1 is 0.952 bits per heavy atom. The molecule has 2 unspecified atom stereocenters. The molecule has 2 atom stereocenters. The van der Waals surface area contributed by atoms with Crippen molar-refractivity contribution in [3.8, 4) is 0 Å². The number of nitrogens with one attached hydrogen (secondary N) is 2. The van der Waals surface area contributed by atoms with Crippen LogP contribution in [0.2, 0.25) is 0 Å². The largest absolute Gasteiger partial charge is 0.382 e. The van der Waals surface area contributed by atoms with Crippen LogP contribution < -0.4 is 10.6 Å². The molecule has 3 aliphatic rings. The van der Waals surface area contributed by atoms with Crippen molar-refractivity contribution in [2.24, 2.45) is 11.8 Å². The highest BCUT2D eigenvalue weighted by molar-refractivity contribution is 6.21. The Kier molecular flexibility index (Phi) is 2.98. The van der Waals surface area contributed by atoms with Gasteiger partial charge in [-0.2, -0.15) is 0 Å². The average molecular weight is 284 g/mol.